The van der Waals surface area contributed by atoms with Crippen LogP contribution in [0.15, 0.2) is 29.1 Å². The Hall–Kier alpha value is -2.08. The summed E-state index contributed by atoms with van der Waals surface area (Å²) < 4.78 is 1.48. The van der Waals surface area contributed by atoms with E-state index in [4.69, 9.17) is 0 Å². The van der Waals surface area contributed by atoms with Crippen LogP contribution in [0.1, 0.15) is 12.8 Å². The highest BCUT2D eigenvalue weighted by Crippen LogP contribution is 2.09. The van der Waals surface area contributed by atoms with Gasteiger partial charge in [-0.05, 0) is 44.0 Å². The Morgan fingerprint density at radius 2 is 2.24 bits per heavy atom. The van der Waals surface area contributed by atoms with Crippen molar-refractivity contribution < 1.29 is 4.79 Å². The fourth-order valence-corrected chi connectivity index (χ4v) is 2.82. The van der Waals surface area contributed by atoms with Gasteiger partial charge >= 0.3 is 5.69 Å². The summed E-state index contributed by atoms with van der Waals surface area (Å²) in [5, 5.41) is 6.26. The van der Waals surface area contributed by atoms with Gasteiger partial charge in [0.25, 0.3) is 0 Å². The zero-order valence-corrected chi connectivity index (χ0v) is 11.9. The van der Waals surface area contributed by atoms with E-state index < -0.39 is 0 Å². The van der Waals surface area contributed by atoms with Crippen LogP contribution >= 0.6 is 0 Å². The van der Waals surface area contributed by atoms with Crippen LogP contribution in [0, 0.1) is 5.92 Å². The monoisotopic (exact) mass is 288 g/mol. The van der Waals surface area contributed by atoms with Crippen LogP contribution in [0.4, 0.5) is 0 Å². The summed E-state index contributed by atoms with van der Waals surface area (Å²) in [4.78, 5) is 26.7. The van der Waals surface area contributed by atoms with Crippen molar-refractivity contribution in [2.75, 3.05) is 19.6 Å². The molecule has 1 unspecified atom stereocenters. The van der Waals surface area contributed by atoms with Crippen molar-refractivity contribution in [1.29, 1.82) is 0 Å². The Labute approximate surface area is 122 Å². The lowest BCUT2D eigenvalue weighted by Crippen LogP contribution is -2.39. The van der Waals surface area contributed by atoms with Gasteiger partial charge in [-0.15, -0.1) is 0 Å². The number of benzene rings is 1. The summed E-state index contributed by atoms with van der Waals surface area (Å²) in [5.41, 5.74) is 1.27. The molecule has 1 fully saturated rings. The van der Waals surface area contributed by atoms with Crippen molar-refractivity contribution in [2.45, 2.75) is 19.4 Å². The molecule has 6 heteroatoms. The van der Waals surface area contributed by atoms with Crippen LogP contribution in [-0.2, 0) is 11.3 Å². The van der Waals surface area contributed by atoms with E-state index in [9.17, 15) is 9.59 Å². The number of aromatic nitrogens is 2. The van der Waals surface area contributed by atoms with Gasteiger partial charge in [0.2, 0.25) is 5.91 Å². The molecule has 1 amide bonds. The first kappa shape index (κ1) is 13.9. The molecule has 3 rings (SSSR count). The van der Waals surface area contributed by atoms with Gasteiger partial charge in [0.05, 0.1) is 11.0 Å². The van der Waals surface area contributed by atoms with Crippen molar-refractivity contribution in [2.24, 2.45) is 5.92 Å². The number of fused-ring (bicyclic) bond motifs is 1. The molecule has 1 aliphatic heterocycles. The van der Waals surface area contributed by atoms with Crippen LogP contribution < -0.4 is 16.3 Å². The second-order valence-electron chi connectivity index (χ2n) is 5.55. The molecule has 0 radical (unpaired) electrons. The number of hydrogen-bond acceptors (Lipinski definition) is 3. The number of hydrogen-bond donors (Lipinski definition) is 3. The second-order valence-corrected chi connectivity index (χ2v) is 5.55. The number of carbonyl (C=O) groups is 1. The lowest BCUT2D eigenvalue weighted by Gasteiger charge is -2.22. The molecule has 0 saturated carbocycles. The van der Waals surface area contributed by atoms with Crippen LogP contribution in [0.2, 0.25) is 0 Å². The van der Waals surface area contributed by atoms with Gasteiger partial charge in [-0.2, -0.15) is 0 Å². The zero-order valence-electron chi connectivity index (χ0n) is 11.9. The number of carbonyl (C=O) groups excluding carboxylic acids is 1. The number of piperidine rings is 1. The first-order valence-corrected chi connectivity index (χ1v) is 7.39. The number of nitrogens with zero attached hydrogens (tertiary/aromatic N) is 1. The topological polar surface area (TPSA) is 78.9 Å². The predicted octanol–water partition coefficient (Wildman–Crippen LogP) is 0.445. The van der Waals surface area contributed by atoms with E-state index in [0.29, 0.717) is 12.5 Å². The lowest BCUT2D eigenvalue weighted by molar-refractivity contribution is -0.121. The van der Waals surface area contributed by atoms with Gasteiger partial charge in [0.15, 0.2) is 0 Å². The summed E-state index contributed by atoms with van der Waals surface area (Å²) in [6, 6.07) is 7.39. The average Bonchev–Trinajstić information content (AvgIpc) is 2.82. The first-order valence-electron chi connectivity index (χ1n) is 7.39. The highest BCUT2D eigenvalue weighted by atomic mass is 16.2. The number of para-hydroxylation sites is 2. The largest absolute Gasteiger partial charge is 0.354 e. The van der Waals surface area contributed by atoms with Crippen molar-refractivity contribution in [3.05, 3.63) is 34.7 Å². The predicted molar refractivity (Wildman–Crippen MR) is 81.2 cm³/mol. The number of imidazole rings is 1. The van der Waals surface area contributed by atoms with E-state index >= 15 is 0 Å². The fraction of sp³-hybridized carbons (Fsp3) is 0.467. The van der Waals surface area contributed by atoms with Crippen LogP contribution in [0.5, 0.6) is 0 Å². The molecule has 21 heavy (non-hydrogen) atoms. The third kappa shape index (κ3) is 3.16. The van der Waals surface area contributed by atoms with E-state index in [1.54, 1.807) is 0 Å². The number of amides is 1. The Balaban J connectivity index is 1.63. The molecule has 1 saturated heterocycles. The number of nitrogens with one attached hydrogen (secondary N) is 3. The SMILES string of the molecule is O=C(Cn1c(=O)[nH]c2ccccc21)NCC1CCCNC1. The Morgan fingerprint density at radius 3 is 3.05 bits per heavy atom. The molecule has 1 aromatic carbocycles. The van der Waals surface area contributed by atoms with Crippen molar-refractivity contribution >= 4 is 16.9 Å². The Kier molecular flexibility index (Phi) is 4.06. The van der Waals surface area contributed by atoms with E-state index in [1.165, 1.54) is 4.57 Å². The minimum absolute atomic E-state index is 0.0585. The molecule has 112 valence electrons. The van der Waals surface area contributed by atoms with E-state index in [1.807, 2.05) is 24.3 Å². The van der Waals surface area contributed by atoms with Gasteiger partial charge < -0.3 is 15.6 Å². The van der Waals surface area contributed by atoms with Gasteiger partial charge in [0.1, 0.15) is 6.54 Å². The van der Waals surface area contributed by atoms with Gasteiger partial charge in [-0.25, -0.2) is 4.79 Å². The minimum atomic E-state index is -0.245. The van der Waals surface area contributed by atoms with E-state index in [0.717, 1.165) is 37.0 Å². The quantitative estimate of drug-likeness (QED) is 0.764. The summed E-state index contributed by atoms with van der Waals surface area (Å²) in [5.74, 6) is 0.370. The summed E-state index contributed by atoms with van der Waals surface area (Å²) in [6.45, 7) is 2.74. The number of H-pyrrole nitrogens is 1. The average molecular weight is 288 g/mol. The Bertz CT molecular complexity index is 682. The van der Waals surface area contributed by atoms with E-state index in [2.05, 4.69) is 15.6 Å². The van der Waals surface area contributed by atoms with Crippen molar-refractivity contribution in [1.82, 2.24) is 20.2 Å². The summed E-state index contributed by atoms with van der Waals surface area (Å²) in [6.07, 6.45) is 2.29. The molecule has 0 spiro atoms. The standard InChI is InChI=1S/C15H20N4O2/c20-14(17-9-11-4-3-7-16-8-11)10-19-13-6-2-1-5-12(13)18-15(19)21/h1-2,5-6,11,16H,3-4,7-10H2,(H,17,20)(H,18,21). The lowest BCUT2D eigenvalue weighted by atomic mass is 10.00. The molecule has 1 atom stereocenters. The van der Waals surface area contributed by atoms with Crippen LogP contribution in [-0.4, -0.2) is 35.1 Å². The molecular weight excluding hydrogens is 268 g/mol. The molecule has 1 aliphatic rings. The maximum atomic E-state index is 12.0. The molecule has 3 N–H and O–H groups in total. The summed E-state index contributed by atoms with van der Waals surface area (Å²) >= 11 is 0. The van der Waals surface area contributed by atoms with Crippen molar-refractivity contribution in [3.63, 3.8) is 0 Å². The number of rotatable bonds is 4. The molecule has 2 heterocycles. The third-order valence-electron chi connectivity index (χ3n) is 3.97. The van der Waals surface area contributed by atoms with E-state index in [-0.39, 0.29) is 18.1 Å². The highest BCUT2D eigenvalue weighted by Gasteiger charge is 2.15. The normalized spacial score (nSPS) is 18.8. The molecule has 6 nitrogen and oxygen atoms in total. The van der Waals surface area contributed by atoms with Gasteiger partial charge in [-0.1, -0.05) is 12.1 Å². The molecule has 1 aromatic heterocycles. The maximum absolute atomic E-state index is 12.0. The first-order chi connectivity index (χ1) is 10.2. The number of aromatic amines is 1. The molecular formula is C15H20N4O2. The third-order valence-corrected chi connectivity index (χ3v) is 3.97. The molecule has 2 aromatic rings. The Morgan fingerprint density at radius 1 is 1.38 bits per heavy atom. The van der Waals surface area contributed by atoms with Crippen LogP contribution in [0.3, 0.4) is 0 Å². The zero-order chi connectivity index (χ0) is 14.7. The van der Waals surface area contributed by atoms with Gasteiger partial charge in [0, 0.05) is 6.54 Å². The minimum Gasteiger partial charge on any atom is -0.354 e. The van der Waals surface area contributed by atoms with Gasteiger partial charge in [-0.3, -0.25) is 9.36 Å². The van der Waals surface area contributed by atoms with Crippen LogP contribution in [0.25, 0.3) is 11.0 Å². The molecule has 0 aliphatic carbocycles. The maximum Gasteiger partial charge on any atom is 0.326 e. The highest BCUT2D eigenvalue weighted by molar-refractivity contribution is 5.80. The smallest absolute Gasteiger partial charge is 0.326 e. The second kappa shape index (κ2) is 6.13. The molecule has 0 bridgehead atoms. The fourth-order valence-electron chi connectivity index (χ4n) is 2.82. The van der Waals surface area contributed by atoms with Crippen molar-refractivity contribution in [3.8, 4) is 0 Å². The summed E-state index contributed by atoms with van der Waals surface area (Å²) in [7, 11) is 0.